The number of imidazole rings is 1. The number of alkyl halides is 3. The number of aryl methyl sites for hydroxylation is 1. The molecule has 1 aromatic carbocycles. The van der Waals surface area contributed by atoms with E-state index in [4.69, 9.17) is 5.26 Å². The summed E-state index contributed by atoms with van der Waals surface area (Å²) in [6.07, 6.45) is -0.688. The number of benzene rings is 1. The maximum atomic E-state index is 13.4. The Bertz CT molecular complexity index is 1060. The van der Waals surface area contributed by atoms with Crippen LogP contribution in [0, 0.1) is 29.6 Å². The Kier molecular flexibility index (Phi) is 5.63. The zero-order chi connectivity index (χ0) is 23.1. The van der Waals surface area contributed by atoms with Crippen LogP contribution in [0.2, 0.25) is 0 Å². The molecule has 2 aliphatic rings. The van der Waals surface area contributed by atoms with Gasteiger partial charge in [-0.1, -0.05) is 0 Å². The van der Waals surface area contributed by atoms with E-state index in [0.717, 1.165) is 11.9 Å². The van der Waals surface area contributed by atoms with E-state index in [9.17, 15) is 23.1 Å². The molecule has 4 rings (SSSR count). The van der Waals surface area contributed by atoms with E-state index in [2.05, 4.69) is 4.98 Å². The third kappa shape index (κ3) is 3.93. The second kappa shape index (κ2) is 8.13. The van der Waals surface area contributed by atoms with Crippen molar-refractivity contribution >= 4 is 11.6 Å². The van der Waals surface area contributed by atoms with Crippen molar-refractivity contribution in [2.75, 3.05) is 37.7 Å². The topological polar surface area (TPSA) is 85.4 Å². The maximum Gasteiger partial charge on any atom is 0.417 e. The number of amides is 1. The van der Waals surface area contributed by atoms with E-state index in [1.165, 1.54) is 12.1 Å². The predicted octanol–water partition coefficient (Wildman–Crippen LogP) is 2.43. The quantitative estimate of drug-likeness (QED) is 0.778. The van der Waals surface area contributed by atoms with Gasteiger partial charge in [0.1, 0.15) is 12.4 Å². The normalized spacial score (nSPS) is 23.2. The average Bonchev–Trinajstić information content (AvgIpc) is 3.35. The summed E-state index contributed by atoms with van der Waals surface area (Å²) in [7, 11) is 0. The number of hydrogen-bond donors (Lipinski definition) is 1. The van der Waals surface area contributed by atoms with Gasteiger partial charge in [0, 0.05) is 55.6 Å². The number of aliphatic hydroxyl groups excluding tert-OH is 1. The highest BCUT2D eigenvalue weighted by molar-refractivity contribution is 5.76. The Morgan fingerprint density at radius 2 is 2.16 bits per heavy atom. The largest absolute Gasteiger partial charge is 0.417 e. The maximum absolute atomic E-state index is 13.4. The monoisotopic (exact) mass is 447 g/mol. The van der Waals surface area contributed by atoms with Gasteiger partial charge in [-0.05, 0) is 31.5 Å². The lowest BCUT2D eigenvalue weighted by molar-refractivity contribution is -0.137. The van der Waals surface area contributed by atoms with Gasteiger partial charge in [-0.3, -0.25) is 4.79 Å². The van der Waals surface area contributed by atoms with Crippen LogP contribution in [-0.4, -0.2) is 58.3 Å². The van der Waals surface area contributed by atoms with Gasteiger partial charge in [0.15, 0.2) is 0 Å². The Morgan fingerprint density at radius 1 is 1.38 bits per heavy atom. The molecule has 3 heterocycles. The lowest BCUT2D eigenvalue weighted by Gasteiger charge is -2.43. The van der Waals surface area contributed by atoms with E-state index in [0.29, 0.717) is 38.3 Å². The fourth-order valence-corrected chi connectivity index (χ4v) is 4.84. The van der Waals surface area contributed by atoms with Gasteiger partial charge in [0.05, 0.1) is 23.8 Å². The SMILES string of the molecule is Cc1nccn1CC(=O)N1C[C@H]2CN(c3ccc(C#N)c(C(F)(F)F)c3)CC[C@@]2(CO)C1. The van der Waals surface area contributed by atoms with Crippen LogP contribution in [0.4, 0.5) is 18.9 Å². The molecule has 2 aliphatic heterocycles. The summed E-state index contributed by atoms with van der Waals surface area (Å²) in [5.74, 6) is 0.593. The van der Waals surface area contributed by atoms with Crippen LogP contribution in [0.1, 0.15) is 23.4 Å². The van der Waals surface area contributed by atoms with Crippen molar-refractivity contribution in [3.8, 4) is 6.07 Å². The second-order valence-electron chi connectivity index (χ2n) is 8.63. The average molecular weight is 447 g/mol. The smallest absolute Gasteiger partial charge is 0.396 e. The first-order chi connectivity index (χ1) is 15.2. The summed E-state index contributed by atoms with van der Waals surface area (Å²) >= 11 is 0. The van der Waals surface area contributed by atoms with Gasteiger partial charge in [-0.25, -0.2) is 4.98 Å². The number of fused-ring (bicyclic) bond motifs is 1. The van der Waals surface area contributed by atoms with Crippen molar-refractivity contribution in [2.24, 2.45) is 11.3 Å². The molecule has 0 radical (unpaired) electrons. The highest BCUT2D eigenvalue weighted by Crippen LogP contribution is 2.44. The Morgan fingerprint density at radius 3 is 2.78 bits per heavy atom. The summed E-state index contributed by atoms with van der Waals surface area (Å²) < 4.78 is 41.9. The molecule has 2 aromatic rings. The molecule has 0 saturated carbocycles. The molecule has 0 aliphatic carbocycles. The zero-order valence-corrected chi connectivity index (χ0v) is 17.6. The van der Waals surface area contributed by atoms with E-state index < -0.39 is 22.7 Å². The van der Waals surface area contributed by atoms with E-state index in [-0.39, 0.29) is 25.0 Å². The second-order valence-corrected chi connectivity index (χ2v) is 8.63. The molecule has 32 heavy (non-hydrogen) atoms. The van der Waals surface area contributed by atoms with Gasteiger partial charge in [0.2, 0.25) is 5.91 Å². The minimum Gasteiger partial charge on any atom is -0.396 e. The number of carbonyl (C=O) groups is 1. The van der Waals surface area contributed by atoms with Gasteiger partial charge in [0.25, 0.3) is 0 Å². The van der Waals surface area contributed by atoms with Crippen LogP contribution in [0.5, 0.6) is 0 Å². The highest BCUT2D eigenvalue weighted by atomic mass is 19.4. The lowest BCUT2D eigenvalue weighted by Crippen LogP contribution is -2.49. The molecule has 2 saturated heterocycles. The van der Waals surface area contributed by atoms with E-state index in [1.807, 2.05) is 11.8 Å². The molecule has 0 spiro atoms. The number of anilines is 1. The van der Waals surface area contributed by atoms with Crippen LogP contribution in [0.3, 0.4) is 0 Å². The third-order valence-corrected chi connectivity index (χ3v) is 6.82. The number of hydrogen-bond acceptors (Lipinski definition) is 5. The third-order valence-electron chi connectivity index (χ3n) is 6.82. The van der Waals surface area contributed by atoms with Gasteiger partial charge < -0.3 is 19.5 Å². The summed E-state index contributed by atoms with van der Waals surface area (Å²) in [5.41, 5.74) is -1.43. The summed E-state index contributed by atoms with van der Waals surface area (Å²) in [6.45, 7) is 3.65. The Hall–Kier alpha value is -3.06. The molecule has 10 heteroatoms. The number of piperidine rings is 1. The van der Waals surface area contributed by atoms with Crippen LogP contribution < -0.4 is 4.90 Å². The molecular formula is C22H24F3N5O2. The number of likely N-dealkylation sites (tertiary alicyclic amines) is 1. The molecule has 170 valence electrons. The van der Waals surface area contributed by atoms with E-state index >= 15 is 0 Å². The molecule has 0 bridgehead atoms. The lowest BCUT2D eigenvalue weighted by atomic mass is 9.73. The minimum absolute atomic E-state index is 0.0703. The standard InChI is InChI=1S/C22H24F3N5O2/c1-15-27-5-7-28(15)12-20(32)30-11-17-10-29(6-4-21(17,13-30)14-31)18-3-2-16(9-26)19(8-18)22(23,24)25/h2-3,5,7-8,17,31H,4,6,10-14H2,1H3/t17-,21+/m1/s1. The number of carbonyl (C=O) groups excluding carboxylic acids is 1. The molecule has 1 N–H and O–H groups in total. The highest BCUT2D eigenvalue weighted by Gasteiger charge is 2.50. The number of halogens is 3. The van der Waals surface area contributed by atoms with Crippen molar-refractivity contribution in [1.29, 1.82) is 5.26 Å². The number of rotatable bonds is 4. The molecule has 2 fully saturated rings. The van der Waals surface area contributed by atoms with Crippen molar-refractivity contribution in [2.45, 2.75) is 26.1 Å². The molecule has 2 atom stereocenters. The predicted molar refractivity (Wildman–Crippen MR) is 110 cm³/mol. The van der Waals surface area contributed by atoms with Crippen molar-refractivity contribution < 1.29 is 23.1 Å². The van der Waals surface area contributed by atoms with Crippen LogP contribution in [0.15, 0.2) is 30.6 Å². The number of aliphatic hydroxyl groups is 1. The first-order valence-electron chi connectivity index (χ1n) is 10.4. The number of aromatic nitrogens is 2. The molecule has 1 aromatic heterocycles. The fraction of sp³-hybridized carbons (Fsp3) is 0.500. The van der Waals surface area contributed by atoms with Gasteiger partial charge in [-0.15, -0.1) is 0 Å². The minimum atomic E-state index is -4.62. The number of nitriles is 1. The van der Waals surface area contributed by atoms with Crippen molar-refractivity contribution in [1.82, 2.24) is 14.5 Å². The van der Waals surface area contributed by atoms with Crippen molar-refractivity contribution in [3.63, 3.8) is 0 Å². The molecular weight excluding hydrogens is 423 g/mol. The van der Waals surface area contributed by atoms with Crippen LogP contribution >= 0.6 is 0 Å². The molecule has 1 amide bonds. The first kappa shape index (κ1) is 22.1. The van der Waals surface area contributed by atoms with Crippen LogP contribution in [-0.2, 0) is 17.5 Å². The summed E-state index contributed by atoms with van der Waals surface area (Å²) in [4.78, 5) is 20.6. The Labute approximate surface area is 183 Å². The van der Waals surface area contributed by atoms with Gasteiger partial charge >= 0.3 is 6.18 Å². The number of nitrogens with zero attached hydrogens (tertiary/aromatic N) is 5. The van der Waals surface area contributed by atoms with Gasteiger partial charge in [-0.2, -0.15) is 18.4 Å². The summed E-state index contributed by atoms with van der Waals surface area (Å²) in [5, 5.41) is 19.2. The fourth-order valence-electron chi connectivity index (χ4n) is 4.84. The van der Waals surface area contributed by atoms with E-state index in [1.54, 1.807) is 27.9 Å². The first-order valence-corrected chi connectivity index (χ1v) is 10.4. The zero-order valence-electron chi connectivity index (χ0n) is 17.6. The molecule has 0 unspecified atom stereocenters. The summed E-state index contributed by atoms with van der Waals surface area (Å²) in [6, 6.07) is 5.35. The van der Waals surface area contributed by atoms with Crippen LogP contribution in [0.25, 0.3) is 0 Å². The molecule has 7 nitrogen and oxygen atoms in total. The Balaban J connectivity index is 1.52. The van der Waals surface area contributed by atoms with Crippen molar-refractivity contribution in [3.05, 3.63) is 47.5 Å².